The summed E-state index contributed by atoms with van der Waals surface area (Å²) in [6.45, 7) is 5.04. The second-order valence-corrected chi connectivity index (χ2v) is 6.05. The zero-order valence-corrected chi connectivity index (χ0v) is 13.9. The summed E-state index contributed by atoms with van der Waals surface area (Å²) >= 11 is 0. The third kappa shape index (κ3) is 3.21. The molecule has 3 heterocycles. The lowest BCUT2D eigenvalue weighted by atomic mass is 10.1. The highest BCUT2D eigenvalue weighted by atomic mass is 16.2. The lowest BCUT2D eigenvalue weighted by Gasteiger charge is -2.25. The molecule has 1 saturated heterocycles. The molecule has 0 bridgehead atoms. The van der Waals surface area contributed by atoms with Gasteiger partial charge in [-0.05, 0) is 50.5 Å². The first-order valence-corrected chi connectivity index (χ1v) is 8.02. The van der Waals surface area contributed by atoms with Gasteiger partial charge in [-0.15, -0.1) is 0 Å². The Morgan fingerprint density at radius 1 is 1.39 bits per heavy atom. The van der Waals surface area contributed by atoms with E-state index in [0.29, 0.717) is 6.54 Å². The van der Waals surface area contributed by atoms with Crippen LogP contribution in [-0.4, -0.2) is 39.2 Å². The Balaban J connectivity index is 1.78. The van der Waals surface area contributed by atoms with E-state index in [0.717, 1.165) is 42.2 Å². The Bertz CT molecular complexity index is 709. The fourth-order valence-electron chi connectivity index (χ4n) is 3.26. The highest BCUT2D eigenvalue weighted by molar-refractivity contribution is 5.77. The number of pyridine rings is 1. The minimum absolute atomic E-state index is 0.126. The highest BCUT2D eigenvalue weighted by Crippen LogP contribution is 2.32. The number of carbonyl (C=O) groups is 1. The maximum atomic E-state index is 12.7. The topological polar surface area (TPSA) is 63.1 Å². The predicted octanol–water partition coefficient (Wildman–Crippen LogP) is 2.30. The Morgan fingerprint density at radius 2 is 2.22 bits per heavy atom. The van der Waals surface area contributed by atoms with Gasteiger partial charge in [0.05, 0.1) is 11.7 Å². The number of amides is 1. The van der Waals surface area contributed by atoms with Crippen LogP contribution in [0.3, 0.4) is 0 Å². The van der Waals surface area contributed by atoms with Crippen molar-refractivity contribution in [1.82, 2.24) is 19.7 Å². The van der Waals surface area contributed by atoms with Crippen molar-refractivity contribution in [3.63, 3.8) is 0 Å². The first kappa shape index (κ1) is 15.5. The molecule has 6 heteroatoms. The predicted molar refractivity (Wildman–Crippen MR) is 89.2 cm³/mol. The van der Waals surface area contributed by atoms with Gasteiger partial charge in [-0.1, -0.05) is 0 Å². The Morgan fingerprint density at radius 3 is 2.91 bits per heavy atom. The largest absolute Gasteiger partial charge is 0.373 e. The molecule has 6 nitrogen and oxygen atoms in total. The Kier molecular flexibility index (Phi) is 4.32. The first-order chi connectivity index (χ1) is 11.1. The number of rotatable bonds is 4. The monoisotopic (exact) mass is 313 g/mol. The van der Waals surface area contributed by atoms with Gasteiger partial charge in [0.15, 0.2) is 0 Å². The summed E-state index contributed by atoms with van der Waals surface area (Å²) < 4.78 is 1.79. The molecule has 1 aliphatic rings. The van der Waals surface area contributed by atoms with Crippen LogP contribution in [0.2, 0.25) is 0 Å². The average molecular weight is 313 g/mol. The van der Waals surface area contributed by atoms with Gasteiger partial charge in [0.2, 0.25) is 5.91 Å². The molecule has 122 valence electrons. The maximum absolute atomic E-state index is 12.7. The van der Waals surface area contributed by atoms with Gasteiger partial charge in [-0.25, -0.2) is 4.98 Å². The Hall–Kier alpha value is -2.37. The van der Waals surface area contributed by atoms with E-state index in [1.807, 2.05) is 44.0 Å². The summed E-state index contributed by atoms with van der Waals surface area (Å²) in [5, 5.41) is 7.45. The molecular formula is C17H23N5O. The second kappa shape index (κ2) is 6.40. The molecule has 2 aromatic heterocycles. The molecule has 1 aliphatic heterocycles. The van der Waals surface area contributed by atoms with Crippen LogP contribution >= 0.6 is 0 Å². The SMILES string of the molecule is CNc1cc(C2CCCN2C(=O)Cn2nc(C)cc2C)ccn1. The summed E-state index contributed by atoms with van der Waals surface area (Å²) in [7, 11) is 1.85. The number of likely N-dealkylation sites (tertiary alicyclic amines) is 1. The van der Waals surface area contributed by atoms with Crippen LogP contribution in [0.15, 0.2) is 24.4 Å². The van der Waals surface area contributed by atoms with Crippen molar-refractivity contribution < 1.29 is 4.79 Å². The molecule has 1 amide bonds. The van der Waals surface area contributed by atoms with Crippen molar-refractivity contribution in [1.29, 1.82) is 0 Å². The van der Waals surface area contributed by atoms with Crippen LogP contribution in [0.1, 0.15) is 35.8 Å². The van der Waals surface area contributed by atoms with E-state index >= 15 is 0 Å². The van der Waals surface area contributed by atoms with Crippen molar-refractivity contribution in [2.75, 3.05) is 18.9 Å². The smallest absolute Gasteiger partial charge is 0.244 e. The number of nitrogens with one attached hydrogen (secondary N) is 1. The molecule has 0 radical (unpaired) electrons. The lowest BCUT2D eigenvalue weighted by molar-refractivity contribution is -0.133. The van der Waals surface area contributed by atoms with E-state index in [2.05, 4.69) is 15.4 Å². The molecule has 3 rings (SSSR count). The minimum Gasteiger partial charge on any atom is -0.373 e. The normalized spacial score (nSPS) is 17.5. The number of aromatic nitrogens is 3. The van der Waals surface area contributed by atoms with Gasteiger partial charge in [0, 0.05) is 25.5 Å². The summed E-state index contributed by atoms with van der Waals surface area (Å²) in [6, 6.07) is 6.16. The third-order valence-electron chi connectivity index (χ3n) is 4.39. The maximum Gasteiger partial charge on any atom is 0.244 e. The Labute approximate surface area is 136 Å². The number of carbonyl (C=O) groups excluding carboxylic acids is 1. The van der Waals surface area contributed by atoms with Crippen molar-refractivity contribution in [2.24, 2.45) is 0 Å². The molecule has 0 aliphatic carbocycles. The second-order valence-electron chi connectivity index (χ2n) is 6.05. The number of nitrogens with zero attached hydrogens (tertiary/aromatic N) is 4. The molecular weight excluding hydrogens is 290 g/mol. The van der Waals surface area contributed by atoms with Crippen LogP contribution in [0.5, 0.6) is 0 Å². The zero-order chi connectivity index (χ0) is 16.4. The van der Waals surface area contributed by atoms with E-state index in [1.165, 1.54) is 0 Å². The first-order valence-electron chi connectivity index (χ1n) is 8.02. The van der Waals surface area contributed by atoms with Crippen LogP contribution < -0.4 is 5.32 Å². The zero-order valence-electron chi connectivity index (χ0n) is 13.9. The number of hydrogen-bond donors (Lipinski definition) is 1. The van der Waals surface area contributed by atoms with Gasteiger partial charge in [0.25, 0.3) is 0 Å². The fourth-order valence-corrected chi connectivity index (χ4v) is 3.26. The lowest BCUT2D eigenvalue weighted by Crippen LogP contribution is -2.34. The van der Waals surface area contributed by atoms with Crippen LogP contribution in [0, 0.1) is 13.8 Å². The van der Waals surface area contributed by atoms with Gasteiger partial charge in [-0.2, -0.15) is 5.10 Å². The van der Waals surface area contributed by atoms with Crippen LogP contribution in [-0.2, 0) is 11.3 Å². The molecule has 1 atom stereocenters. The van der Waals surface area contributed by atoms with Gasteiger partial charge >= 0.3 is 0 Å². The van der Waals surface area contributed by atoms with E-state index in [1.54, 1.807) is 10.9 Å². The fraction of sp³-hybridized carbons (Fsp3) is 0.471. The van der Waals surface area contributed by atoms with Crippen molar-refractivity contribution in [2.45, 2.75) is 39.3 Å². The molecule has 0 saturated carbocycles. The van der Waals surface area contributed by atoms with Gasteiger partial charge in [-0.3, -0.25) is 9.48 Å². The summed E-state index contributed by atoms with van der Waals surface area (Å²) in [4.78, 5) is 19.0. The summed E-state index contributed by atoms with van der Waals surface area (Å²) in [5.41, 5.74) is 3.11. The van der Waals surface area contributed by atoms with E-state index in [4.69, 9.17) is 0 Å². The third-order valence-corrected chi connectivity index (χ3v) is 4.39. The number of anilines is 1. The van der Waals surface area contributed by atoms with Gasteiger partial charge in [0.1, 0.15) is 12.4 Å². The molecule has 23 heavy (non-hydrogen) atoms. The minimum atomic E-state index is 0.126. The van der Waals surface area contributed by atoms with E-state index < -0.39 is 0 Å². The molecule has 0 spiro atoms. The number of hydrogen-bond acceptors (Lipinski definition) is 4. The molecule has 1 N–H and O–H groups in total. The van der Waals surface area contributed by atoms with Crippen LogP contribution in [0.4, 0.5) is 5.82 Å². The van der Waals surface area contributed by atoms with Gasteiger partial charge < -0.3 is 10.2 Å². The van der Waals surface area contributed by atoms with Crippen molar-refractivity contribution >= 4 is 11.7 Å². The van der Waals surface area contributed by atoms with E-state index in [-0.39, 0.29) is 11.9 Å². The number of aryl methyl sites for hydroxylation is 2. The van der Waals surface area contributed by atoms with Crippen LogP contribution in [0.25, 0.3) is 0 Å². The summed E-state index contributed by atoms with van der Waals surface area (Å²) in [5.74, 6) is 0.960. The molecule has 1 fully saturated rings. The molecule has 2 aromatic rings. The average Bonchev–Trinajstić information content (AvgIpc) is 3.14. The summed E-state index contributed by atoms with van der Waals surface area (Å²) in [6.07, 6.45) is 3.82. The quantitative estimate of drug-likeness (QED) is 0.941. The standard InChI is InChI=1S/C17H23N5O/c1-12-9-13(2)22(20-12)11-17(23)21-8-4-5-15(21)14-6-7-19-16(10-14)18-3/h6-7,9-10,15H,4-5,8,11H2,1-3H3,(H,18,19). The van der Waals surface area contributed by atoms with E-state index in [9.17, 15) is 4.79 Å². The highest BCUT2D eigenvalue weighted by Gasteiger charge is 2.30. The molecule has 0 aromatic carbocycles. The molecule has 1 unspecified atom stereocenters. The van der Waals surface area contributed by atoms with Crippen molar-refractivity contribution in [3.05, 3.63) is 41.3 Å². The van der Waals surface area contributed by atoms with Crippen molar-refractivity contribution in [3.8, 4) is 0 Å².